The minimum Gasteiger partial charge on any atom is -0.481 e. The van der Waals surface area contributed by atoms with Gasteiger partial charge < -0.3 is 9.47 Å². The molecule has 2 aromatic heterocycles. The lowest BCUT2D eigenvalue weighted by atomic mass is 10.2. The van der Waals surface area contributed by atoms with Crippen LogP contribution in [0.25, 0.3) is 5.69 Å². The predicted molar refractivity (Wildman–Crippen MR) is 91.2 cm³/mol. The molecule has 0 amide bonds. The summed E-state index contributed by atoms with van der Waals surface area (Å²) in [7, 11) is 1.28. The maximum absolute atomic E-state index is 12.9. The first-order valence-electron chi connectivity index (χ1n) is 7.70. The Kier molecular flexibility index (Phi) is 5.22. The molecule has 0 N–H and O–H groups in total. The molecule has 0 saturated heterocycles. The summed E-state index contributed by atoms with van der Waals surface area (Å²) in [6.45, 7) is 2.00. The first kappa shape index (κ1) is 19.0. The molecule has 0 aliphatic heterocycles. The van der Waals surface area contributed by atoms with Gasteiger partial charge in [0.2, 0.25) is 17.0 Å². The van der Waals surface area contributed by atoms with Crippen molar-refractivity contribution in [3.05, 3.63) is 58.6 Å². The van der Waals surface area contributed by atoms with Gasteiger partial charge in [0.05, 0.1) is 12.8 Å². The highest BCUT2D eigenvalue weighted by atomic mass is 35.5. The van der Waals surface area contributed by atoms with E-state index in [0.29, 0.717) is 11.6 Å². The van der Waals surface area contributed by atoms with Gasteiger partial charge in [0, 0.05) is 17.8 Å². The Morgan fingerprint density at radius 2 is 1.89 bits per heavy atom. The lowest BCUT2D eigenvalue weighted by molar-refractivity contribution is -0.141. The van der Waals surface area contributed by atoms with Crippen molar-refractivity contribution in [1.82, 2.24) is 19.7 Å². The standard InChI is InChI=1S/C17H14ClF3N4O2/c1-10-8-22-16(18)23-15(10)27-9-11-3-5-12(6-4-11)25-14(26-2)7-13(24-25)17(19,20)21/h3-8H,9H2,1-2H3. The number of nitrogens with zero attached hydrogens (tertiary/aromatic N) is 4. The smallest absolute Gasteiger partial charge is 0.435 e. The summed E-state index contributed by atoms with van der Waals surface area (Å²) in [6, 6.07) is 7.50. The summed E-state index contributed by atoms with van der Waals surface area (Å²) in [4.78, 5) is 7.84. The van der Waals surface area contributed by atoms with Gasteiger partial charge in [-0.05, 0) is 36.2 Å². The molecule has 0 saturated carbocycles. The number of benzene rings is 1. The molecule has 0 radical (unpaired) electrons. The van der Waals surface area contributed by atoms with E-state index >= 15 is 0 Å². The minimum atomic E-state index is -4.55. The third kappa shape index (κ3) is 4.30. The summed E-state index contributed by atoms with van der Waals surface area (Å²) in [5.41, 5.74) is 0.919. The molecule has 142 valence electrons. The highest BCUT2D eigenvalue weighted by Crippen LogP contribution is 2.32. The summed E-state index contributed by atoms with van der Waals surface area (Å²) in [6.07, 6.45) is -3.00. The molecular weight excluding hydrogens is 385 g/mol. The van der Waals surface area contributed by atoms with Crippen molar-refractivity contribution in [3.63, 3.8) is 0 Å². The number of hydrogen-bond acceptors (Lipinski definition) is 5. The van der Waals surface area contributed by atoms with E-state index in [2.05, 4.69) is 15.1 Å². The Hall–Kier alpha value is -2.81. The van der Waals surface area contributed by atoms with Gasteiger partial charge in [-0.25, -0.2) is 9.67 Å². The second-order valence-electron chi connectivity index (χ2n) is 5.56. The van der Waals surface area contributed by atoms with E-state index in [0.717, 1.165) is 21.9 Å². The zero-order valence-corrected chi connectivity index (χ0v) is 15.0. The van der Waals surface area contributed by atoms with Gasteiger partial charge in [0.25, 0.3) is 0 Å². The average molecular weight is 399 g/mol. The molecule has 0 aliphatic rings. The largest absolute Gasteiger partial charge is 0.481 e. The van der Waals surface area contributed by atoms with E-state index in [9.17, 15) is 13.2 Å². The first-order chi connectivity index (χ1) is 12.8. The van der Waals surface area contributed by atoms with Crippen LogP contribution in [0.4, 0.5) is 13.2 Å². The fourth-order valence-corrected chi connectivity index (χ4v) is 2.40. The van der Waals surface area contributed by atoms with Crippen LogP contribution < -0.4 is 9.47 Å². The minimum absolute atomic E-state index is 0.0161. The van der Waals surface area contributed by atoms with Gasteiger partial charge in [-0.1, -0.05) is 12.1 Å². The van der Waals surface area contributed by atoms with Gasteiger partial charge in [0.15, 0.2) is 5.69 Å². The average Bonchev–Trinajstić information content (AvgIpc) is 3.08. The van der Waals surface area contributed by atoms with Crippen molar-refractivity contribution in [2.24, 2.45) is 0 Å². The quantitative estimate of drug-likeness (QED) is 0.602. The van der Waals surface area contributed by atoms with Crippen LogP contribution in [0.5, 0.6) is 11.8 Å². The highest BCUT2D eigenvalue weighted by molar-refractivity contribution is 6.28. The molecule has 6 nitrogen and oxygen atoms in total. The van der Waals surface area contributed by atoms with Gasteiger partial charge in [-0.3, -0.25) is 0 Å². The predicted octanol–water partition coefficient (Wildman–Crippen LogP) is 4.23. The SMILES string of the molecule is COc1cc(C(F)(F)F)nn1-c1ccc(COc2nc(Cl)ncc2C)cc1. The summed E-state index contributed by atoms with van der Waals surface area (Å²) in [5, 5.41) is 3.65. The van der Waals surface area contributed by atoms with Crippen LogP contribution in [0.15, 0.2) is 36.5 Å². The number of halogens is 4. The zero-order chi connectivity index (χ0) is 19.6. The van der Waals surface area contributed by atoms with Crippen LogP contribution in [0, 0.1) is 6.92 Å². The number of rotatable bonds is 5. The molecule has 2 heterocycles. The summed E-state index contributed by atoms with van der Waals surface area (Å²) < 4.78 is 50.2. The van der Waals surface area contributed by atoms with Crippen molar-refractivity contribution < 1.29 is 22.6 Å². The molecule has 10 heteroatoms. The van der Waals surface area contributed by atoms with Crippen molar-refractivity contribution in [2.45, 2.75) is 19.7 Å². The van der Waals surface area contributed by atoms with E-state index in [-0.39, 0.29) is 17.8 Å². The number of methoxy groups -OCH3 is 1. The second kappa shape index (κ2) is 7.43. The van der Waals surface area contributed by atoms with E-state index in [1.165, 1.54) is 7.11 Å². The van der Waals surface area contributed by atoms with Crippen LogP contribution in [0.3, 0.4) is 0 Å². The maximum atomic E-state index is 12.9. The monoisotopic (exact) mass is 398 g/mol. The Balaban J connectivity index is 1.78. The fourth-order valence-electron chi connectivity index (χ4n) is 2.27. The van der Waals surface area contributed by atoms with Gasteiger partial charge in [-0.2, -0.15) is 23.3 Å². The molecule has 27 heavy (non-hydrogen) atoms. The van der Waals surface area contributed by atoms with E-state index < -0.39 is 11.9 Å². The first-order valence-corrected chi connectivity index (χ1v) is 8.08. The lowest BCUT2D eigenvalue weighted by Crippen LogP contribution is -2.07. The van der Waals surface area contributed by atoms with Gasteiger partial charge >= 0.3 is 6.18 Å². The number of aromatic nitrogens is 4. The van der Waals surface area contributed by atoms with Crippen LogP contribution >= 0.6 is 11.6 Å². The lowest BCUT2D eigenvalue weighted by Gasteiger charge is -2.09. The Morgan fingerprint density at radius 3 is 2.52 bits per heavy atom. The molecule has 3 rings (SSSR count). The van der Waals surface area contributed by atoms with Crippen LogP contribution in [0.1, 0.15) is 16.8 Å². The van der Waals surface area contributed by atoms with Crippen LogP contribution in [-0.4, -0.2) is 26.9 Å². The fraction of sp³-hybridized carbons (Fsp3) is 0.235. The normalized spacial score (nSPS) is 11.5. The van der Waals surface area contributed by atoms with E-state index in [1.54, 1.807) is 37.4 Å². The van der Waals surface area contributed by atoms with Gasteiger partial charge in [0.1, 0.15) is 6.61 Å². The van der Waals surface area contributed by atoms with Crippen molar-refractivity contribution in [1.29, 1.82) is 0 Å². The van der Waals surface area contributed by atoms with Crippen LogP contribution in [-0.2, 0) is 12.8 Å². The van der Waals surface area contributed by atoms with E-state index in [1.807, 2.05) is 0 Å². The van der Waals surface area contributed by atoms with Crippen LogP contribution in [0.2, 0.25) is 5.28 Å². The molecule has 0 aliphatic carbocycles. The molecule has 0 atom stereocenters. The summed E-state index contributed by atoms with van der Waals surface area (Å²) in [5.74, 6) is 0.347. The molecule has 3 aromatic rings. The Morgan fingerprint density at radius 1 is 1.19 bits per heavy atom. The third-order valence-electron chi connectivity index (χ3n) is 3.63. The van der Waals surface area contributed by atoms with E-state index in [4.69, 9.17) is 21.1 Å². The zero-order valence-electron chi connectivity index (χ0n) is 14.3. The summed E-state index contributed by atoms with van der Waals surface area (Å²) >= 11 is 5.75. The molecule has 1 aromatic carbocycles. The number of alkyl halides is 3. The second-order valence-corrected chi connectivity index (χ2v) is 5.90. The number of aryl methyl sites for hydroxylation is 1. The molecule has 0 bridgehead atoms. The molecule has 0 fully saturated rings. The van der Waals surface area contributed by atoms with Crippen molar-refractivity contribution in [3.8, 4) is 17.4 Å². The molecular formula is C17H14ClF3N4O2. The molecule has 0 spiro atoms. The Labute approximate surface area is 157 Å². The number of hydrogen-bond donors (Lipinski definition) is 0. The van der Waals surface area contributed by atoms with Crippen molar-refractivity contribution >= 4 is 11.6 Å². The topological polar surface area (TPSA) is 62.1 Å². The molecule has 0 unspecified atom stereocenters. The maximum Gasteiger partial charge on any atom is 0.435 e. The number of ether oxygens (including phenoxy) is 2. The third-order valence-corrected chi connectivity index (χ3v) is 3.81. The van der Waals surface area contributed by atoms with Gasteiger partial charge in [-0.15, -0.1) is 0 Å². The highest BCUT2D eigenvalue weighted by Gasteiger charge is 2.35. The Bertz CT molecular complexity index is 942. The van der Waals surface area contributed by atoms with Crippen molar-refractivity contribution in [2.75, 3.05) is 7.11 Å².